The second kappa shape index (κ2) is 5.74. The van der Waals surface area contributed by atoms with Crippen LogP contribution in [0.5, 0.6) is 0 Å². The molecule has 0 amide bonds. The van der Waals surface area contributed by atoms with Gasteiger partial charge in [-0.2, -0.15) is 0 Å². The van der Waals surface area contributed by atoms with Crippen LogP contribution in [-0.4, -0.2) is 12.1 Å². The third kappa shape index (κ3) is 5.42. The molecule has 3 heteroatoms. The molecular formula is C14H22ClNO. The van der Waals surface area contributed by atoms with Crippen molar-refractivity contribution in [3.05, 3.63) is 28.7 Å². The first-order chi connectivity index (χ1) is 7.78. The largest absolute Gasteiger partial charge is 0.445 e. The summed E-state index contributed by atoms with van der Waals surface area (Å²) >= 11 is 5.76. The molecule has 0 saturated carbocycles. The maximum Gasteiger partial charge on any atom is 0.193 e. The van der Waals surface area contributed by atoms with Crippen LogP contribution in [0.25, 0.3) is 6.08 Å². The summed E-state index contributed by atoms with van der Waals surface area (Å²) in [6.45, 7) is 11.7. The smallest absolute Gasteiger partial charge is 0.193 e. The lowest BCUT2D eigenvalue weighted by molar-refractivity contribution is 0.437. The predicted molar refractivity (Wildman–Crippen MR) is 74.3 cm³/mol. The van der Waals surface area contributed by atoms with Crippen LogP contribution in [0.15, 0.2) is 22.1 Å². The first-order valence-electron chi connectivity index (χ1n) is 5.99. The minimum absolute atomic E-state index is 0.120. The van der Waals surface area contributed by atoms with Crippen molar-refractivity contribution in [2.45, 2.75) is 40.2 Å². The zero-order valence-corrected chi connectivity index (χ0v) is 12.1. The maximum atomic E-state index is 5.76. The van der Waals surface area contributed by atoms with E-state index in [0.29, 0.717) is 11.1 Å². The molecule has 0 aromatic carbocycles. The third-order valence-corrected chi connectivity index (χ3v) is 2.69. The monoisotopic (exact) mass is 255 g/mol. The normalized spacial score (nSPS) is 13.5. The van der Waals surface area contributed by atoms with Crippen LogP contribution in [0.3, 0.4) is 0 Å². The van der Waals surface area contributed by atoms with Crippen LogP contribution in [0.1, 0.15) is 40.4 Å². The average Bonchev–Trinajstić information content (AvgIpc) is 2.56. The molecule has 96 valence electrons. The molecule has 0 unspecified atom stereocenters. The number of furan rings is 1. The van der Waals surface area contributed by atoms with E-state index in [1.165, 1.54) is 5.57 Å². The highest BCUT2D eigenvalue weighted by Gasteiger charge is 2.12. The van der Waals surface area contributed by atoms with E-state index >= 15 is 0 Å². The summed E-state index contributed by atoms with van der Waals surface area (Å²) < 4.78 is 5.36. The fraction of sp³-hybridized carbons (Fsp3) is 0.571. The van der Waals surface area contributed by atoms with Gasteiger partial charge in [0.1, 0.15) is 5.76 Å². The van der Waals surface area contributed by atoms with Gasteiger partial charge in [0.25, 0.3) is 0 Å². The minimum atomic E-state index is 0.120. The molecule has 1 aromatic heterocycles. The first kappa shape index (κ1) is 14.3. The van der Waals surface area contributed by atoms with Gasteiger partial charge in [-0.3, -0.25) is 0 Å². The molecule has 0 aliphatic rings. The number of nitrogens with one attached hydrogen (secondary N) is 1. The molecule has 0 atom stereocenters. The van der Waals surface area contributed by atoms with Crippen LogP contribution >= 0.6 is 11.6 Å². The van der Waals surface area contributed by atoms with E-state index in [0.717, 1.165) is 12.3 Å². The maximum absolute atomic E-state index is 5.76. The van der Waals surface area contributed by atoms with Crippen LogP contribution in [0.2, 0.25) is 5.22 Å². The Kier molecular flexibility index (Phi) is 4.84. The molecule has 17 heavy (non-hydrogen) atoms. The highest BCUT2D eigenvalue weighted by atomic mass is 35.5. The minimum Gasteiger partial charge on any atom is -0.445 e. The molecule has 0 saturated heterocycles. The van der Waals surface area contributed by atoms with Gasteiger partial charge in [0.05, 0.1) is 0 Å². The van der Waals surface area contributed by atoms with Gasteiger partial charge in [0.2, 0.25) is 0 Å². The number of rotatable bonds is 4. The van der Waals surface area contributed by atoms with Crippen LogP contribution in [0.4, 0.5) is 0 Å². The molecule has 0 aliphatic carbocycles. The molecule has 1 N–H and O–H groups in total. The van der Waals surface area contributed by atoms with E-state index in [1.54, 1.807) is 6.07 Å². The molecule has 0 aliphatic heterocycles. The second-order valence-corrected chi connectivity index (χ2v) is 5.99. The molecule has 0 spiro atoms. The second-order valence-electron chi connectivity index (χ2n) is 5.62. The van der Waals surface area contributed by atoms with Crippen LogP contribution in [-0.2, 0) is 0 Å². The van der Waals surface area contributed by atoms with E-state index in [1.807, 2.05) is 6.07 Å². The zero-order chi connectivity index (χ0) is 13.1. The summed E-state index contributed by atoms with van der Waals surface area (Å²) in [5.74, 6) is 1.29. The summed E-state index contributed by atoms with van der Waals surface area (Å²) in [5, 5.41) is 3.92. The molecule has 0 radical (unpaired) electrons. The van der Waals surface area contributed by atoms with E-state index in [4.69, 9.17) is 16.0 Å². The highest BCUT2D eigenvalue weighted by molar-refractivity contribution is 6.28. The predicted octanol–water partition coefficient (Wildman–Crippen LogP) is 4.36. The van der Waals surface area contributed by atoms with E-state index in [-0.39, 0.29) is 5.54 Å². The quantitative estimate of drug-likeness (QED) is 0.865. The lowest BCUT2D eigenvalue weighted by Gasteiger charge is -2.23. The summed E-state index contributed by atoms with van der Waals surface area (Å²) in [4.78, 5) is 0. The topological polar surface area (TPSA) is 25.2 Å². The fourth-order valence-corrected chi connectivity index (χ4v) is 1.53. The zero-order valence-electron chi connectivity index (χ0n) is 11.3. The van der Waals surface area contributed by atoms with Gasteiger partial charge >= 0.3 is 0 Å². The number of hydrogen-bond donors (Lipinski definition) is 1. The van der Waals surface area contributed by atoms with Gasteiger partial charge in [-0.1, -0.05) is 19.4 Å². The van der Waals surface area contributed by atoms with Crippen molar-refractivity contribution < 1.29 is 4.42 Å². The molecule has 2 nitrogen and oxygen atoms in total. The van der Waals surface area contributed by atoms with Crippen molar-refractivity contribution in [3.63, 3.8) is 0 Å². The van der Waals surface area contributed by atoms with Crippen LogP contribution < -0.4 is 5.32 Å². The summed E-state index contributed by atoms with van der Waals surface area (Å²) in [6, 6.07) is 3.66. The summed E-state index contributed by atoms with van der Waals surface area (Å²) in [7, 11) is 0. The number of halogens is 1. The first-order valence-corrected chi connectivity index (χ1v) is 6.36. The van der Waals surface area contributed by atoms with Crippen LogP contribution in [0, 0.1) is 5.92 Å². The van der Waals surface area contributed by atoms with Gasteiger partial charge in [0, 0.05) is 12.1 Å². The van der Waals surface area contributed by atoms with Crippen molar-refractivity contribution in [2.75, 3.05) is 6.54 Å². The van der Waals surface area contributed by atoms with Crippen molar-refractivity contribution >= 4 is 17.7 Å². The molecule has 1 rings (SSSR count). The SMILES string of the molecule is CC(C)C(=Cc1ccc(Cl)o1)CNC(C)(C)C. The van der Waals surface area contributed by atoms with Gasteiger partial charge in [-0.05, 0) is 56.5 Å². The Morgan fingerprint density at radius 3 is 2.47 bits per heavy atom. The molecule has 1 heterocycles. The number of hydrogen-bond acceptors (Lipinski definition) is 2. The molecule has 0 fully saturated rings. The highest BCUT2D eigenvalue weighted by Crippen LogP contribution is 2.19. The van der Waals surface area contributed by atoms with Crippen molar-refractivity contribution in [2.24, 2.45) is 5.92 Å². The van der Waals surface area contributed by atoms with E-state index in [2.05, 4.69) is 46.0 Å². The summed E-state index contributed by atoms with van der Waals surface area (Å²) in [6.07, 6.45) is 2.06. The van der Waals surface area contributed by atoms with Gasteiger partial charge in [0.15, 0.2) is 5.22 Å². The summed E-state index contributed by atoms with van der Waals surface area (Å²) in [5.41, 5.74) is 1.43. The third-order valence-electron chi connectivity index (χ3n) is 2.49. The van der Waals surface area contributed by atoms with Gasteiger partial charge in [-0.25, -0.2) is 0 Å². The van der Waals surface area contributed by atoms with Gasteiger partial charge in [-0.15, -0.1) is 0 Å². The van der Waals surface area contributed by atoms with E-state index in [9.17, 15) is 0 Å². The van der Waals surface area contributed by atoms with Gasteiger partial charge < -0.3 is 9.73 Å². The van der Waals surface area contributed by atoms with Crippen molar-refractivity contribution in [3.8, 4) is 0 Å². The standard InChI is InChI=1S/C14H22ClNO/c1-10(2)11(9-16-14(3,4)5)8-12-6-7-13(15)17-12/h6-8,10,16H,9H2,1-5H3. The molecular weight excluding hydrogens is 234 g/mol. The Labute approximate surface area is 109 Å². The van der Waals surface area contributed by atoms with E-state index < -0.39 is 0 Å². The Bertz CT molecular complexity index is 385. The lowest BCUT2D eigenvalue weighted by atomic mass is 10.0. The van der Waals surface area contributed by atoms with Crippen molar-refractivity contribution in [1.82, 2.24) is 5.32 Å². The van der Waals surface area contributed by atoms with Crippen molar-refractivity contribution in [1.29, 1.82) is 0 Å². The molecule has 0 bridgehead atoms. The lowest BCUT2D eigenvalue weighted by Crippen LogP contribution is -2.37. The molecule has 1 aromatic rings. The Morgan fingerprint density at radius 2 is 2.06 bits per heavy atom. The Hall–Kier alpha value is -0.730. The Morgan fingerprint density at radius 1 is 1.41 bits per heavy atom. The fourth-order valence-electron chi connectivity index (χ4n) is 1.38. The Balaban J connectivity index is 2.76. The average molecular weight is 256 g/mol.